The van der Waals surface area contributed by atoms with Crippen molar-refractivity contribution in [2.75, 3.05) is 39.8 Å². The van der Waals surface area contributed by atoms with Gasteiger partial charge in [-0.3, -0.25) is 4.79 Å². The van der Waals surface area contributed by atoms with E-state index in [1.54, 1.807) is 28.6 Å². The molecule has 0 aliphatic carbocycles. The van der Waals surface area contributed by atoms with Gasteiger partial charge < -0.3 is 31.1 Å². The van der Waals surface area contributed by atoms with E-state index < -0.39 is 28.1 Å². The molecule has 0 spiro atoms. The van der Waals surface area contributed by atoms with Gasteiger partial charge in [-0.15, -0.1) is 0 Å². The third-order valence-electron chi connectivity index (χ3n) is 8.41. The minimum absolute atomic E-state index is 0.162. The molecule has 3 aromatic carbocycles. The van der Waals surface area contributed by atoms with Crippen LogP contribution in [-0.2, 0) is 26.2 Å². The molecule has 47 heavy (non-hydrogen) atoms. The molecular formula is C35H47N5O6S. The smallest absolute Gasteiger partial charge is 0.407 e. The van der Waals surface area contributed by atoms with Crippen molar-refractivity contribution in [2.45, 2.75) is 55.8 Å². The molecule has 0 radical (unpaired) electrons. The summed E-state index contributed by atoms with van der Waals surface area (Å²) in [7, 11) is -2.56. The van der Waals surface area contributed by atoms with Crippen molar-refractivity contribution in [1.82, 2.24) is 25.6 Å². The first-order valence-electron chi connectivity index (χ1n) is 16.0. The predicted octanol–water partition coefficient (Wildman–Crippen LogP) is 2.82. The number of ether oxygens (including phenoxy) is 1. The number of carbonyl (C=O) groups is 2. The molecule has 3 atom stereocenters. The molecule has 0 unspecified atom stereocenters. The number of amides is 2. The molecule has 5 N–H and O–H groups in total. The van der Waals surface area contributed by atoms with E-state index in [0.29, 0.717) is 44.1 Å². The quantitative estimate of drug-likeness (QED) is 0.147. The van der Waals surface area contributed by atoms with Crippen molar-refractivity contribution in [1.29, 1.82) is 0 Å². The SMILES string of the molecule is COC(=O)N[C@H](C(=O)NCCN[C@@H]1CNC[C@H]1N(CCC(C)C)S(=O)(=O)c1ccc(CO)cc1)C(c1ccccc1)c1ccccc1. The third-order valence-corrected chi connectivity index (χ3v) is 10.4. The van der Waals surface area contributed by atoms with Crippen LogP contribution in [0.25, 0.3) is 0 Å². The van der Waals surface area contributed by atoms with Gasteiger partial charge in [-0.2, -0.15) is 4.31 Å². The summed E-state index contributed by atoms with van der Waals surface area (Å²) in [5, 5.41) is 21.9. The molecule has 0 aromatic heterocycles. The maximum atomic E-state index is 13.9. The second-order valence-electron chi connectivity index (χ2n) is 12.1. The topological polar surface area (TPSA) is 149 Å². The van der Waals surface area contributed by atoms with E-state index in [0.717, 1.165) is 11.1 Å². The molecule has 12 heteroatoms. The van der Waals surface area contributed by atoms with E-state index >= 15 is 0 Å². The standard InChI is InChI=1S/C35H47N5O6S/c1-25(2)18-21-40(47(44,45)29-16-14-26(24-41)15-17-29)31-23-36-22-30(31)37-19-20-38-34(42)33(39-35(43)46-3)32(27-10-6-4-7-11-27)28-12-8-5-9-13-28/h4-17,25,30-33,36-37,41H,18-24H2,1-3H3,(H,38,42)(H,39,43)/t30-,31-,33+/m1/s1. The summed E-state index contributed by atoms with van der Waals surface area (Å²) in [6, 6.07) is 23.9. The Balaban J connectivity index is 1.46. The van der Waals surface area contributed by atoms with Gasteiger partial charge in [0.15, 0.2) is 0 Å². The van der Waals surface area contributed by atoms with Gasteiger partial charge in [-0.25, -0.2) is 13.2 Å². The number of benzene rings is 3. The highest BCUT2D eigenvalue weighted by atomic mass is 32.2. The second kappa shape index (κ2) is 17.4. The Morgan fingerprint density at radius 3 is 2.11 bits per heavy atom. The fraction of sp³-hybridized carbons (Fsp3) is 0.429. The van der Waals surface area contributed by atoms with Crippen LogP contribution >= 0.6 is 0 Å². The largest absolute Gasteiger partial charge is 0.453 e. The lowest BCUT2D eigenvalue weighted by atomic mass is 9.84. The summed E-state index contributed by atoms with van der Waals surface area (Å²) in [6.07, 6.45) is -0.0140. The third kappa shape index (κ3) is 9.61. The maximum Gasteiger partial charge on any atom is 0.407 e. The Kier molecular flexibility index (Phi) is 13.3. The van der Waals surface area contributed by atoms with Crippen LogP contribution in [0.4, 0.5) is 4.79 Å². The summed E-state index contributed by atoms with van der Waals surface area (Å²) < 4.78 is 34.2. The van der Waals surface area contributed by atoms with Crippen LogP contribution in [0.1, 0.15) is 42.9 Å². The average Bonchev–Trinajstić information content (AvgIpc) is 3.54. The highest BCUT2D eigenvalue weighted by Gasteiger charge is 2.39. The monoisotopic (exact) mass is 665 g/mol. The number of nitrogens with one attached hydrogen (secondary N) is 4. The number of hydrogen-bond acceptors (Lipinski definition) is 8. The van der Waals surface area contributed by atoms with Crippen LogP contribution in [0.2, 0.25) is 0 Å². The first-order chi connectivity index (χ1) is 22.6. The van der Waals surface area contributed by atoms with Crippen LogP contribution in [-0.4, -0.2) is 87.8 Å². The van der Waals surface area contributed by atoms with E-state index in [2.05, 4.69) is 35.1 Å². The first-order valence-corrected chi connectivity index (χ1v) is 17.5. The number of alkyl carbamates (subject to hydrolysis) is 1. The molecule has 0 bridgehead atoms. The molecule has 254 valence electrons. The predicted molar refractivity (Wildman–Crippen MR) is 181 cm³/mol. The van der Waals surface area contributed by atoms with Crippen molar-refractivity contribution < 1.29 is 27.9 Å². The number of rotatable bonds is 16. The Morgan fingerprint density at radius 2 is 1.55 bits per heavy atom. The highest BCUT2D eigenvalue weighted by molar-refractivity contribution is 7.89. The van der Waals surface area contributed by atoms with Gasteiger partial charge in [0, 0.05) is 44.7 Å². The molecule has 1 fully saturated rings. The van der Waals surface area contributed by atoms with Gasteiger partial charge in [0.25, 0.3) is 0 Å². The number of aliphatic hydroxyl groups is 1. The summed E-state index contributed by atoms with van der Waals surface area (Å²) >= 11 is 0. The summed E-state index contributed by atoms with van der Waals surface area (Å²) in [5.41, 5.74) is 2.37. The van der Waals surface area contributed by atoms with Crippen LogP contribution in [0.3, 0.4) is 0 Å². The molecule has 0 saturated carbocycles. The van der Waals surface area contributed by atoms with E-state index in [1.165, 1.54) is 7.11 Å². The van der Waals surface area contributed by atoms with Gasteiger partial charge in [0.05, 0.1) is 24.7 Å². The summed E-state index contributed by atoms with van der Waals surface area (Å²) in [6.45, 7) is 6.01. The van der Waals surface area contributed by atoms with Crippen LogP contribution in [0.15, 0.2) is 89.8 Å². The van der Waals surface area contributed by atoms with E-state index in [-0.39, 0.29) is 36.0 Å². The van der Waals surface area contributed by atoms with Gasteiger partial charge >= 0.3 is 6.09 Å². The average molecular weight is 666 g/mol. The number of methoxy groups -OCH3 is 1. The van der Waals surface area contributed by atoms with Gasteiger partial charge in [0.1, 0.15) is 6.04 Å². The van der Waals surface area contributed by atoms with Crippen LogP contribution < -0.4 is 21.3 Å². The van der Waals surface area contributed by atoms with E-state index in [4.69, 9.17) is 4.74 Å². The zero-order valence-corrected chi connectivity index (χ0v) is 28.1. The zero-order valence-electron chi connectivity index (χ0n) is 27.3. The number of hydrogen-bond donors (Lipinski definition) is 5. The lowest BCUT2D eigenvalue weighted by Gasteiger charge is -2.32. The number of aliphatic hydroxyl groups excluding tert-OH is 1. The second-order valence-corrected chi connectivity index (χ2v) is 14.0. The minimum Gasteiger partial charge on any atom is -0.453 e. The van der Waals surface area contributed by atoms with Gasteiger partial charge in [-0.1, -0.05) is 86.6 Å². The normalized spacial score (nSPS) is 17.2. The Labute approximate surface area is 278 Å². The van der Waals surface area contributed by atoms with Crippen LogP contribution in [0, 0.1) is 5.92 Å². The molecule has 2 amide bonds. The molecular weight excluding hydrogens is 618 g/mol. The van der Waals surface area contributed by atoms with Crippen molar-refractivity contribution >= 4 is 22.0 Å². The number of nitrogens with zero attached hydrogens (tertiary/aromatic N) is 1. The Hall–Kier alpha value is -3.81. The molecule has 4 rings (SSSR count). The minimum atomic E-state index is -3.82. The number of carbonyl (C=O) groups excluding carboxylic acids is 2. The Bertz CT molecular complexity index is 1480. The highest BCUT2D eigenvalue weighted by Crippen LogP contribution is 2.29. The molecule has 1 aliphatic rings. The molecule has 3 aromatic rings. The van der Waals surface area contributed by atoms with Crippen molar-refractivity contribution in [2.24, 2.45) is 5.92 Å². The van der Waals surface area contributed by atoms with E-state index in [9.17, 15) is 23.1 Å². The fourth-order valence-corrected chi connectivity index (χ4v) is 7.54. The molecule has 1 saturated heterocycles. The summed E-state index contributed by atoms with van der Waals surface area (Å²) in [5.74, 6) is -0.537. The van der Waals surface area contributed by atoms with Crippen LogP contribution in [0.5, 0.6) is 0 Å². The molecule has 1 heterocycles. The van der Waals surface area contributed by atoms with Gasteiger partial charge in [-0.05, 0) is 41.2 Å². The van der Waals surface area contributed by atoms with Crippen molar-refractivity contribution in [3.8, 4) is 0 Å². The fourth-order valence-electron chi connectivity index (χ4n) is 5.87. The maximum absolute atomic E-state index is 13.9. The van der Waals surface area contributed by atoms with E-state index in [1.807, 2.05) is 60.7 Å². The lowest BCUT2D eigenvalue weighted by molar-refractivity contribution is -0.123. The summed E-state index contributed by atoms with van der Waals surface area (Å²) in [4.78, 5) is 26.3. The Morgan fingerprint density at radius 1 is 0.936 bits per heavy atom. The number of sulfonamides is 1. The van der Waals surface area contributed by atoms with Gasteiger partial charge in [0.2, 0.25) is 15.9 Å². The molecule has 11 nitrogen and oxygen atoms in total. The zero-order chi connectivity index (χ0) is 33.8. The molecule has 1 aliphatic heterocycles. The first kappa shape index (κ1) is 36.0. The van der Waals surface area contributed by atoms with Crippen molar-refractivity contribution in [3.05, 3.63) is 102 Å². The lowest BCUT2D eigenvalue weighted by Crippen LogP contribution is -2.54. The van der Waals surface area contributed by atoms with Crippen molar-refractivity contribution in [3.63, 3.8) is 0 Å².